The van der Waals surface area contributed by atoms with Crippen LogP contribution in [-0.2, 0) is 5.41 Å². The number of carbonyl (C=O) groups is 1. The molecule has 0 aliphatic rings. The normalized spacial score (nSPS) is 12.2. The summed E-state index contributed by atoms with van der Waals surface area (Å²) in [7, 11) is 0. The van der Waals surface area contributed by atoms with E-state index < -0.39 is 17.7 Å². The molecule has 1 heterocycles. The van der Waals surface area contributed by atoms with Crippen molar-refractivity contribution < 1.29 is 27.2 Å². The lowest BCUT2D eigenvalue weighted by Crippen LogP contribution is -2.36. The van der Waals surface area contributed by atoms with E-state index in [0.29, 0.717) is 5.56 Å². The number of primary amides is 1. The second-order valence-corrected chi connectivity index (χ2v) is 5.16. The Hall–Kier alpha value is -2.51. The minimum Gasteiger partial charge on any atom is -0.387 e. The van der Waals surface area contributed by atoms with Gasteiger partial charge in [-0.1, -0.05) is 18.2 Å². The lowest BCUT2D eigenvalue weighted by Gasteiger charge is -2.28. The zero-order valence-corrected chi connectivity index (χ0v) is 11.8. The summed E-state index contributed by atoms with van der Waals surface area (Å²) in [6.45, 7) is 2.17. The van der Waals surface area contributed by atoms with Crippen LogP contribution in [0.5, 0.6) is 5.88 Å². The summed E-state index contributed by atoms with van der Waals surface area (Å²) in [5.74, 6) is -0.200. The SMILES string of the molecule is CC(C)(c1cccc(-c2conc2OC(N)=O)c1)C(F)(F)F. The van der Waals surface area contributed by atoms with Gasteiger partial charge in [-0.15, -0.1) is 0 Å². The first-order valence-corrected chi connectivity index (χ1v) is 6.22. The largest absolute Gasteiger partial charge is 0.411 e. The van der Waals surface area contributed by atoms with Crippen LogP contribution in [0.25, 0.3) is 11.1 Å². The second kappa shape index (κ2) is 5.36. The van der Waals surface area contributed by atoms with Crippen LogP contribution in [-0.4, -0.2) is 17.4 Å². The maximum atomic E-state index is 13.1. The molecule has 0 aliphatic carbocycles. The van der Waals surface area contributed by atoms with Crippen molar-refractivity contribution in [3.63, 3.8) is 0 Å². The van der Waals surface area contributed by atoms with Gasteiger partial charge in [-0.2, -0.15) is 13.2 Å². The monoisotopic (exact) mass is 314 g/mol. The zero-order valence-electron chi connectivity index (χ0n) is 11.8. The summed E-state index contributed by atoms with van der Waals surface area (Å²) >= 11 is 0. The fourth-order valence-electron chi connectivity index (χ4n) is 1.83. The third kappa shape index (κ3) is 2.90. The van der Waals surface area contributed by atoms with Crippen molar-refractivity contribution in [2.45, 2.75) is 25.4 Å². The number of hydrogen-bond acceptors (Lipinski definition) is 4. The van der Waals surface area contributed by atoms with Gasteiger partial charge in [-0.25, -0.2) is 4.79 Å². The van der Waals surface area contributed by atoms with E-state index in [2.05, 4.69) is 14.4 Å². The third-order valence-corrected chi connectivity index (χ3v) is 3.34. The Morgan fingerprint density at radius 3 is 2.59 bits per heavy atom. The summed E-state index contributed by atoms with van der Waals surface area (Å²) in [5.41, 5.74) is 3.52. The molecule has 1 aromatic heterocycles. The third-order valence-electron chi connectivity index (χ3n) is 3.34. The summed E-state index contributed by atoms with van der Waals surface area (Å²) in [6.07, 6.45) is -4.34. The number of benzene rings is 1. The van der Waals surface area contributed by atoms with Crippen LogP contribution in [0.1, 0.15) is 19.4 Å². The molecule has 5 nitrogen and oxygen atoms in total. The highest BCUT2D eigenvalue weighted by molar-refractivity contribution is 5.74. The Bertz CT molecular complexity index is 693. The van der Waals surface area contributed by atoms with Crippen molar-refractivity contribution in [3.8, 4) is 17.0 Å². The van der Waals surface area contributed by atoms with Crippen LogP contribution >= 0.6 is 0 Å². The highest BCUT2D eigenvalue weighted by Gasteiger charge is 2.48. The summed E-state index contributed by atoms with van der Waals surface area (Å²) in [4.78, 5) is 10.8. The summed E-state index contributed by atoms with van der Waals surface area (Å²) < 4.78 is 48.7. The van der Waals surface area contributed by atoms with Crippen molar-refractivity contribution in [2.24, 2.45) is 5.73 Å². The predicted molar refractivity (Wildman–Crippen MR) is 71.2 cm³/mol. The molecule has 8 heteroatoms. The molecule has 2 rings (SSSR count). The van der Waals surface area contributed by atoms with E-state index in [1.807, 2.05) is 0 Å². The van der Waals surface area contributed by atoms with Crippen LogP contribution in [0.15, 0.2) is 35.1 Å². The number of nitrogens with zero attached hydrogens (tertiary/aromatic N) is 1. The molecule has 0 radical (unpaired) electrons. The van der Waals surface area contributed by atoms with Crippen LogP contribution < -0.4 is 10.5 Å². The Kier molecular flexibility index (Phi) is 3.87. The molecular weight excluding hydrogens is 301 g/mol. The van der Waals surface area contributed by atoms with Crippen molar-refractivity contribution in [1.82, 2.24) is 5.16 Å². The lowest BCUT2D eigenvalue weighted by atomic mass is 9.83. The van der Waals surface area contributed by atoms with Gasteiger partial charge in [-0.05, 0) is 36.2 Å². The number of ether oxygens (including phenoxy) is 1. The van der Waals surface area contributed by atoms with E-state index in [1.54, 1.807) is 6.07 Å². The molecule has 0 atom stereocenters. The van der Waals surface area contributed by atoms with Crippen molar-refractivity contribution in [2.75, 3.05) is 0 Å². The number of carbonyl (C=O) groups excluding carboxylic acids is 1. The van der Waals surface area contributed by atoms with E-state index in [0.717, 1.165) is 20.1 Å². The molecule has 0 saturated carbocycles. The van der Waals surface area contributed by atoms with E-state index in [9.17, 15) is 18.0 Å². The first-order chi connectivity index (χ1) is 10.1. The number of rotatable bonds is 3. The first kappa shape index (κ1) is 15.9. The van der Waals surface area contributed by atoms with E-state index in [4.69, 9.17) is 5.73 Å². The molecule has 1 amide bonds. The predicted octanol–water partition coefficient (Wildman–Crippen LogP) is 3.64. The molecule has 0 bridgehead atoms. The maximum absolute atomic E-state index is 13.1. The van der Waals surface area contributed by atoms with E-state index >= 15 is 0 Å². The van der Waals surface area contributed by atoms with Gasteiger partial charge in [0.25, 0.3) is 5.88 Å². The number of hydrogen-bond donors (Lipinski definition) is 1. The quantitative estimate of drug-likeness (QED) is 0.938. The number of amides is 1. The molecular formula is C14H13F3N2O3. The minimum atomic E-state index is -4.41. The van der Waals surface area contributed by atoms with Gasteiger partial charge in [0.05, 0.1) is 11.0 Å². The second-order valence-electron chi connectivity index (χ2n) is 5.16. The van der Waals surface area contributed by atoms with E-state index in [-0.39, 0.29) is 17.0 Å². The molecule has 0 spiro atoms. The molecule has 0 aliphatic heterocycles. The van der Waals surface area contributed by atoms with E-state index in [1.165, 1.54) is 18.2 Å². The minimum absolute atomic E-state index is 0.0590. The number of nitrogens with two attached hydrogens (primary N) is 1. The highest BCUT2D eigenvalue weighted by Crippen LogP contribution is 2.41. The number of aromatic nitrogens is 1. The van der Waals surface area contributed by atoms with Crippen LogP contribution in [0.3, 0.4) is 0 Å². The van der Waals surface area contributed by atoms with Gasteiger partial charge in [-0.3, -0.25) is 0 Å². The topological polar surface area (TPSA) is 78.3 Å². The lowest BCUT2D eigenvalue weighted by molar-refractivity contribution is -0.180. The molecule has 0 unspecified atom stereocenters. The van der Waals surface area contributed by atoms with Gasteiger partial charge >= 0.3 is 12.3 Å². The van der Waals surface area contributed by atoms with Gasteiger partial charge in [0, 0.05) is 0 Å². The Balaban J connectivity index is 2.46. The van der Waals surface area contributed by atoms with Crippen molar-refractivity contribution in [1.29, 1.82) is 0 Å². The number of alkyl halides is 3. The smallest absolute Gasteiger partial charge is 0.387 e. The molecule has 2 aromatic rings. The Morgan fingerprint density at radius 2 is 2.00 bits per heavy atom. The van der Waals surface area contributed by atoms with Crippen LogP contribution in [0.2, 0.25) is 0 Å². The van der Waals surface area contributed by atoms with Crippen molar-refractivity contribution >= 4 is 6.09 Å². The van der Waals surface area contributed by atoms with Gasteiger partial charge in [0.2, 0.25) is 0 Å². The fraction of sp³-hybridized carbons (Fsp3) is 0.286. The number of halogens is 3. The maximum Gasteiger partial charge on any atom is 0.411 e. The van der Waals surface area contributed by atoms with Gasteiger partial charge in [0.15, 0.2) is 0 Å². The molecule has 0 fully saturated rings. The van der Waals surface area contributed by atoms with Crippen LogP contribution in [0.4, 0.5) is 18.0 Å². The summed E-state index contributed by atoms with van der Waals surface area (Å²) in [5, 5.41) is 3.45. The standard InChI is InChI=1S/C14H13F3N2O3/c1-13(2,14(15,16)17)9-5-3-4-8(6-9)10-7-21-19-11(10)22-12(18)20/h3-7H,1-2H3,(H2,18,20). The molecule has 22 heavy (non-hydrogen) atoms. The Labute approximate surface area is 123 Å². The first-order valence-electron chi connectivity index (χ1n) is 6.22. The molecule has 0 saturated heterocycles. The average molecular weight is 314 g/mol. The Morgan fingerprint density at radius 1 is 1.32 bits per heavy atom. The molecule has 1 aromatic carbocycles. The molecule has 118 valence electrons. The zero-order chi connectivity index (χ0) is 16.5. The average Bonchev–Trinajstić information content (AvgIpc) is 2.85. The van der Waals surface area contributed by atoms with Crippen LogP contribution in [0, 0.1) is 0 Å². The van der Waals surface area contributed by atoms with Gasteiger partial charge < -0.3 is 15.0 Å². The highest BCUT2D eigenvalue weighted by atomic mass is 19.4. The van der Waals surface area contributed by atoms with Gasteiger partial charge in [0.1, 0.15) is 6.26 Å². The summed E-state index contributed by atoms with van der Waals surface area (Å²) in [6, 6.07) is 5.74. The van der Waals surface area contributed by atoms with Crippen molar-refractivity contribution in [3.05, 3.63) is 36.1 Å². The molecule has 2 N–H and O–H groups in total. The fourth-order valence-corrected chi connectivity index (χ4v) is 1.83.